The number of hydrogen-bond acceptors (Lipinski definition) is 5. The summed E-state index contributed by atoms with van der Waals surface area (Å²) in [5.74, 6) is -0.0328. The Kier molecular flexibility index (Phi) is 4.28. The molecule has 2 N–H and O–H groups in total. The molecule has 0 saturated carbocycles. The lowest BCUT2D eigenvalue weighted by atomic mass is 10.2. The zero-order valence-electron chi connectivity index (χ0n) is 10.6. The molecule has 0 saturated heterocycles. The fourth-order valence-electron chi connectivity index (χ4n) is 1.49. The van der Waals surface area contributed by atoms with E-state index in [2.05, 4.69) is 25.3 Å². The van der Waals surface area contributed by atoms with Gasteiger partial charge in [-0.1, -0.05) is 11.6 Å². The molecule has 7 nitrogen and oxygen atoms in total. The molecule has 0 radical (unpaired) electrons. The Hall–Kier alpha value is -1.73. The number of ether oxygens (including phenoxy) is 1. The number of anilines is 1. The SMILES string of the molecule is COC(C)CCC(=O)Nc1nc(Cl)c2[nH]cnc2n1. The van der Waals surface area contributed by atoms with Gasteiger partial charge in [-0.05, 0) is 13.3 Å². The number of imidazole rings is 1. The van der Waals surface area contributed by atoms with Gasteiger partial charge in [0.1, 0.15) is 5.52 Å². The number of nitrogens with one attached hydrogen (secondary N) is 2. The van der Waals surface area contributed by atoms with E-state index in [0.29, 0.717) is 24.0 Å². The monoisotopic (exact) mass is 283 g/mol. The first-order chi connectivity index (χ1) is 9.10. The van der Waals surface area contributed by atoms with E-state index in [4.69, 9.17) is 16.3 Å². The fraction of sp³-hybridized carbons (Fsp3) is 0.455. The van der Waals surface area contributed by atoms with Crippen LogP contribution >= 0.6 is 11.6 Å². The number of rotatable bonds is 5. The van der Waals surface area contributed by atoms with Crippen LogP contribution in [-0.2, 0) is 9.53 Å². The topological polar surface area (TPSA) is 92.8 Å². The van der Waals surface area contributed by atoms with Crippen molar-refractivity contribution in [3.8, 4) is 0 Å². The second kappa shape index (κ2) is 5.94. The highest BCUT2D eigenvalue weighted by Gasteiger charge is 2.11. The molecule has 2 heterocycles. The second-order valence-corrected chi connectivity index (χ2v) is 4.43. The summed E-state index contributed by atoms with van der Waals surface area (Å²) in [7, 11) is 1.61. The smallest absolute Gasteiger partial charge is 0.233 e. The number of amides is 1. The van der Waals surface area contributed by atoms with Crippen LogP contribution < -0.4 is 5.32 Å². The Morgan fingerprint density at radius 1 is 1.58 bits per heavy atom. The van der Waals surface area contributed by atoms with Crippen molar-refractivity contribution < 1.29 is 9.53 Å². The molecule has 2 aromatic heterocycles. The van der Waals surface area contributed by atoms with Crippen LogP contribution in [-0.4, -0.2) is 39.1 Å². The molecule has 0 aliphatic carbocycles. The second-order valence-electron chi connectivity index (χ2n) is 4.07. The van der Waals surface area contributed by atoms with Gasteiger partial charge in [-0.3, -0.25) is 10.1 Å². The summed E-state index contributed by atoms with van der Waals surface area (Å²) < 4.78 is 5.07. The lowest BCUT2D eigenvalue weighted by molar-refractivity contribution is -0.116. The van der Waals surface area contributed by atoms with Gasteiger partial charge in [-0.15, -0.1) is 0 Å². The van der Waals surface area contributed by atoms with Crippen LogP contribution in [0.15, 0.2) is 6.33 Å². The van der Waals surface area contributed by atoms with Gasteiger partial charge < -0.3 is 9.72 Å². The first kappa shape index (κ1) is 13.7. The van der Waals surface area contributed by atoms with Crippen molar-refractivity contribution in [1.29, 1.82) is 0 Å². The number of carbonyl (C=O) groups is 1. The molecule has 0 spiro atoms. The predicted octanol–water partition coefficient (Wildman–Crippen LogP) is 1.76. The van der Waals surface area contributed by atoms with Crippen molar-refractivity contribution in [2.45, 2.75) is 25.9 Å². The maximum Gasteiger partial charge on any atom is 0.233 e. The maximum absolute atomic E-state index is 11.7. The summed E-state index contributed by atoms with van der Waals surface area (Å²) in [6.07, 6.45) is 2.45. The van der Waals surface area contributed by atoms with Crippen LogP contribution in [0.25, 0.3) is 11.2 Å². The van der Waals surface area contributed by atoms with Gasteiger partial charge in [-0.2, -0.15) is 9.97 Å². The first-order valence-corrected chi connectivity index (χ1v) is 6.17. The summed E-state index contributed by atoms with van der Waals surface area (Å²) in [6, 6.07) is 0. The molecule has 1 amide bonds. The zero-order valence-corrected chi connectivity index (χ0v) is 11.4. The van der Waals surface area contributed by atoms with Crippen molar-refractivity contribution in [2.24, 2.45) is 0 Å². The van der Waals surface area contributed by atoms with E-state index < -0.39 is 0 Å². The molecule has 0 bridgehead atoms. The summed E-state index contributed by atoms with van der Waals surface area (Å²) >= 11 is 5.94. The van der Waals surface area contributed by atoms with Crippen LogP contribution in [0, 0.1) is 0 Å². The van der Waals surface area contributed by atoms with Crippen molar-refractivity contribution in [2.75, 3.05) is 12.4 Å². The molecule has 0 fully saturated rings. The first-order valence-electron chi connectivity index (χ1n) is 5.79. The number of methoxy groups -OCH3 is 1. The largest absolute Gasteiger partial charge is 0.382 e. The van der Waals surface area contributed by atoms with Crippen LogP contribution in [0.1, 0.15) is 19.8 Å². The fourth-order valence-corrected chi connectivity index (χ4v) is 1.71. The Bertz CT molecular complexity index is 585. The Balaban J connectivity index is 2.02. The number of H-pyrrole nitrogens is 1. The third-order valence-corrected chi connectivity index (χ3v) is 2.95. The molecule has 19 heavy (non-hydrogen) atoms. The molecule has 102 valence electrons. The van der Waals surface area contributed by atoms with E-state index in [0.717, 1.165) is 0 Å². The molecule has 2 aromatic rings. The minimum atomic E-state index is -0.185. The Morgan fingerprint density at radius 3 is 3.11 bits per heavy atom. The third-order valence-electron chi connectivity index (χ3n) is 2.67. The highest BCUT2D eigenvalue weighted by Crippen LogP contribution is 2.18. The molecule has 1 unspecified atom stereocenters. The van der Waals surface area contributed by atoms with E-state index in [-0.39, 0.29) is 23.1 Å². The minimum absolute atomic E-state index is 0.0316. The van der Waals surface area contributed by atoms with E-state index >= 15 is 0 Å². The average Bonchev–Trinajstić information content (AvgIpc) is 2.84. The van der Waals surface area contributed by atoms with Crippen LogP contribution in [0.4, 0.5) is 5.95 Å². The molecule has 0 aromatic carbocycles. The van der Waals surface area contributed by atoms with E-state index in [9.17, 15) is 4.79 Å². The number of hydrogen-bond donors (Lipinski definition) is 2. The highest BCUT2D eigenvalue weighted by atomic mass is 35.5. The van der Waals surface area contributed by atoms with Crippen LogP contribution in [0.3, 0.4) is 0 Å². The Labute approximate surface area is 114 Å². The highest BCUT2D eigenvalue weighted by molar-refractivity contribution is 6.33. The summed E-state index contributed by atoms with van der Waals surface area (Å²) in [5.41, 5.74) is 0.966. The third kappa shape index (κ3) is 3.39. The van der Waals surface area contributed by atoms with Crippen molar-refractivity contribution >= 4 is 34.6 Å². The van der Waals surface area contributed by atoms with Gasteiger partial charge in [0, 0.05) is 13.5 Å². The number of aromatic amines is 1. The maximum atomic E-state index is 11.7. The van der Waals surface area contributed by atoms with Gasteiger partial charge in [0.15, 0.2) is 10.8 Å². The van der Waals surface area contributed by atoms with E-state index in [1.165, 1.54) is 6.33 Å². The minimum Gasteiger partial charge on any atom is -0.382 e. The van der Waals surface area contributed by atoms with Gasteiger partial charge in [-0.25, -0.2) is 4.98 Å². The number of halogens is 1. The van der Waals surface area contributed by atoms with Crippen molar-refractivity contribution in [1.82, 2.24) is 19.9 Å². The van der Waals surface area contributed by atoms with Gasteiger partial charge in [0.25, 0.3) is 0 Å². The van der Waals surface area contributed by atoms with Crippen LogP contribution in [0.2, 0.25) is 5.15 Å². The quantitative estimate of drug-likeness (QED) is 0.816. The van der Waals surface area contributed by atoms with Gasteiger partial charge >= 0.3 is 0 Å². The molecule has 0 aliphatic rings. The molecule has 0 aliphatic heterocycles. The molecule has 8 heteroatoms. The van der Waals surface area contributed by atoms with Gasteiger partial charge in [0.2, 0.25) is 11.9 Å². The van der Waals surface area contributed by atoms with E-state index in [1.807, 2.05) is 6.92 Å². The van der Waals surface area contributed by atoms with Gasteiger partial charge in [0.05, 0.1) is 12.4 Å². The predicted molar refractivity (Wildman–Crippen MR) is 71.0 cm³/mol. The molecule has 1 atom stereocenters. The Morgan fingerprint density at radius 2 is 2.37 bits per heavy atom. The summed E-state index contributed by atoms with van der Waals surface area (Å²) in [6.45, 7) is 1.90. The normalized spacial score (nSPS) is 12.6. The lowest BCUT2D eigenvalue weighted by Gasteiger charge is -2.08. The average molecular weight is 284 g/mol. The summed E-state index contributed by atoms with van der Waals surface area (Å²) in [5, 5.41) is 2.81. The van der Waals surface area contributed by atoms with E-state index in [1.54, 1.807) is 7.11 Å². The molecule has 2 rings (SSSR count). The zero-order chi connectivity index (χ0) is 13.8. The lowest BCUT2D eigenvalue weighted by Crippen LogP contribution is -2.16. The number of nitrogens with zero attached hydrogens (tertiary/aromatic N) is 3. The number of carbonyl (C=O) groups excluding carboxylic acids is 1. The van der Waals surface area contributed by atoms with Crippen LogP contribution in [0.5, 0.6) is 0 Å². The van der Waals surface area contributed by atoms with Crippen molar-refractivity contribution in [3.05, 3.63) is 11.5 Å². The standard InChI is InChI=1S/C11H14ClN5O2/c1-6(19-2)3-4-7(18)15-11-16-9(12)8-10(17-11)14-5-13-8/h5-6H,3-4H2,1-2H3,(H2,13,14,15,16,17,18). The summed E-state index contributed by atoms with van der Waals surface area (Å²) in [4.78, 5) is 26.6. The number of aromatic nitrogens is 4. The van der Waals surface area contributed by atoms with Crippen molar-refractivity contribution in [3.63, 3.8) is 0 Å². The number of fused-ring (bicyclic) bond motifs is 1. The molecular formula is C11H14ClN5O2. The molecular weight excluding hydrogens is 270 g/mol.